The average molecular weight is 269 g/mol. The molecule has 6 heteroatoms. The molecular formula is C13H23N3O3. The molecule has 0 bridgehead atoms. The molecule has 2 rings (SSSR count). The highest BCUT2D eigenvalue weighted by atomic mass is 16.5. The van der Waals surface area contributed by atoms with Crippen LogP contribution in [0.25, 0.3) is 0 Å². The van der Waals surface area contributed by atoms with E-state index in [2.05, 4.69) is 12.2 Å². The van der Waals surface area contributed by atoms with Gasteiger partial charge in [0.2, 0.25) is 5.91 Å². The lowest BCUT2D eigenvalue weighted by atomic mass is 9.82. The second kappa shape index (κ2) is 5.77. The molecule has 1 unspecified atom stereocenters. The molecule has 19 heavy (non-hydrogen) atoms. The van der Waals surface area contributed by atoms with E-state index in [1.54, 1.807) is 4.90 Å². The van der Waals surface area contributed by atoms with Gasteiger partial charge in [-0.1, -0.05) is 6.92 Å². The van der Waals surface area contributed by atoms with Crippen LogP contribution < -0.4 is 5.32 Å². The number of ether oxygens (including phenoxy) is 1. The van der Waals surface area contributed by atoms with Gasteiger partial charge >= 0.3 is 6.09 Å². The van der Waals surface area contributed by atoms with Crippen LogP contribution in [0.5, 0.6) is 0 Å². The smallest absolute Gasteiger partial charge is 0.409 e. The zero-order valence-corrected chi connectivity index (χ0v) is 11.8. The number of methoxy groups -OCH3 is 1. The van der Waals surface area contributed by atoms with E-state index in [1.165, 1.54) is 7.11 Å². The van der Waals surface area contributed by atoms with Crippen LogP contribution in [0.3, 0.4) is 0 Å². The molecule has 1 N–H and O–H groups in total. The molecule has 2 heterocycles. The summed E-state index contributed by atoms with van der Waals surface area (Å²) in [6.07, 6.45) is 1.48. The molecule has 0 aromatic carbocycles. The topological polar surface area (TPSA) is 61.9 Å². The summed E-state index contributed by atoms with van der Waals surface area (Å²) in [6, 6.07) is 0. The fourth-order valence-electron chi connectivity index (χ4n) is 2.94. The van der Waals surface area contributed by atoms with Crippen molar-refractivity contribution in [3.63, 3.8) is 0 Å². The molecule has 0 aliphatic carbocycles. The van der Waals surface area contributed by atoms with Crippen molar-refractivity contribution in [2.24, 2.45) is 5.41 Å². The van der Waals surface area contributed by atoms with Crippen molar-refractivity contribution >= 4 is 12.0 Å². The predicted octanol–water partition coefficient (Wildman–Crippen LogP) is 0.287. The number of nitrogens with zero attached hydrogens (tertiary/aromatic N) is 2. The van der Waals surface area contributed by atoms with Gasteiger partial charge in [0.1, 0.15) is 0 Å². The third-order valence-corrected chi connectivity index (χ3v) is 4.37. The first-order valence-electron chi connectivity index (χ1n) is 6.96. The third-order valence-electron chi connectivity index (χ3n) is 4.37. The van der Waals surface area contributed by atoms with Crippen LogP contribution in [0.2, 0.25) is 0 Å². The Morgan fingerprint density at radius 3 is 2.32 bits per heavy atom. The van der Waals surface area contributed by atoms with Gasteiger partial charge in [-0.3, -0.25) is 4.79 Å². The number of rotatable bonds is 2. The third kappa shape index (κ3) is 2.68. The standard InChI is InChI=1S/C13H23N3O3/c1-3-13(4-5-14-10-13)11(17)15-6-8-16(9-7-15)12(18)19-2/h14H,3-10H2,1-2H3. The molecule has 1 atom stereocenters. The number of carbonyl (C=O) groups excluding carboxylic acids is 2. The quantitative estimate of drug-likeness (QED) is 0.782. The zero-order valence-electron chi connectivity index (χ0n) is 11.8. The van der Waals surface area contributed by atoms with Crippen LogP contribution in [0.4, 0.5) is 4.79 Å². The molecule has 2 fully saturated rings. The maximum atomic E-state index is 12.7. The Morgan fingerprint density at radius 2 is 1.84 bits per heavy atom. The zero-order chi connectivity index (χ0) is 13.9. The molecule has 2 aliphatic heterocycles. The van der Waals surface area contributed by atoms with E-state index in [0.717, 1.165) is 25.9 Å². The summed E-state index contributed by atoms with van der Waals surface area (Å²) in [5, 5.41) is 3.29. The molecule has 0 aromatic heterocycles. The van der Waals surface area contributed by atoms with Gasteiger partial charge in [0.05, 0.1) is 12.5 Å². The van der Waals surface area contributed by atoms with E-state index in [9.17, 15) is 9.59 Å². The number of piperazine rings is 1. The summed E-state index contributed by atoms with van der Waals surface area (Å²) in [6.45, 7) is 6.11. The summed E-state index contributed by atoms with van der Waals surface area (Å²) in [5.41, 5.74) is -0.229. The molecule has 0 radical (unpaired) electrons. The fourth-order valence-corrected chi connectivity index (χ4v) is 2.94. The molecule has 0 saturated carbocycles. The van der Waals surface area contributed by atoms with Crippen molar-refractivity contribution in [3.05, 3.63) is 0 Å². The highest BCUT2D eigenvalue weighted by molar-refractivity contribution is 5.83. The van der Waals surface area contributed by atoms with Gasteiger partial charge in [-0.2, -0.15) is 0 Å². The first-order chi connectivity index (χ1) is 9.13. The van der Waals surface area contributed by atoms with Gasteiger partial charge < -0.3 is 19.9 Å². The van der Waals surface area contributed by atoms with Crippen LogP contribution in [0.1, 0.15) is 19.8 Å². The Hall–Kier alpha value is -1.30. The normalized spacial score (nSPS) is 27.5. The SMILES string of the molecule is CCC1(C(=O)N2CCN(C(=O)OC)CC2)CCNC1. The number of carbonyl (C=O) groups is 2. The lowest BCUT2D eigenvalue weighted by Crippen LogP contribution is -2.54. The molecule has 2 saturated heterocycles. The first kappa shape index (κ1) is 14.1. The molecule has 0 spiro atoms. The Bertz CT molecular complexity index is 345. The Kier molecular flexibility index (Phi) is 4.29. The molecule has 6 nitrogen and oxygen atoms in total. The van der Waals surface area contributed by atoms with E-state index >= 15 is 0 Å². The van der Waals surface area contributed by atoms with Gasteiger partial charge in [-0.15, -0.1) is 0 Å². The molecule has 0 aromatic rings. The van der Waals surface area contributed by atoms with Crippen molar-refractivity contribution in [2.45, 2.75) is 19.8 Å². The summed E-state index contributed by atoms with van der Waals surface area (Å²) in [4.78, 5) is 27.6. The van der Waals surface area contributed by atoms with E-state index in [-0.39, 0.29) is 17.4 Å². The summed E-state index contributed by atoms with van der Waals surface area (Å²) >= 11 is 0. The maximum absolute atomic E-state index is 12.7. The number of hydrogen-bond donors (Lipinski definition) is 1. The highest BCUT2D eigenvalue weighted by Gasteiger charge is 2.42. The van der Waals surface area contributed by atoms with Crippen molar-refractivity contribution in [1.29, 1.82) is 0 Å². The van der Waals surface area contributed by atoms with Crippen molar-refractivity contribution in [2.75, 3.05) is 46.4 Å². The van der Waals surface area contributed by atoms with E-state index in [1.807, 2.05) is 4.90 Å². The fraction of sp³-hybridized carbons (Fsp3) is 0.846. The van der Waals surface area contributed by atoms with Gasteiger partial charge in [0.25, 0.3) is 0 Å². The van der Waals surface area contributed by atoms with Gasteiger partial charge in [0.15, 0.2) is 0 Å². The highest BCUT2D eigenvalue weighted by Crippen LogP contribution is 2.32. The second-order valence-corrected chi connectivity index (χ2v) is 5.31. The van der Waals surface area contributed by atoms with E-state index in [0.29, 0.717) is 26.2 Å². The van der Waals surface area contributed by atoms with E-state index in [4.69, 9.17) is 4.74 Å². The van der Waals surface area contributed by atoms with Crippen molar-refractivity contribution in [1.82, 2.24) is 15.1 Å². The van der Waals surface area contributed by atoms with Crippen molar-refractivity contribution in [3.8, 4) is 0 Å². The lowest BCUT2D eigenvalue weighted by Gasteiger charge is -2.38. The van der Waals surface area contributed by atoms with Crippen molar-refractivity contribution < 1.29 is 14.3 Å². The molecule has 2 aliphatic rings. The van der Waals surface area contributed by atoms with E-state index < -0.39 is 0 Å². The molecule has 108 valence electrons. The minimum atomic E-state index is -0.306. The van der Waals surface area contributed by atoms with Crippen LogP contribution in [0, 0.1) is 5.41 Å². The number of hydrogen-bond acceptors (Lipinski definition) is 4. The summed E-state index contributed by atoms with van der Waals surface area (Å²) in [5.74, 6) is 0.240. The van der Waals surface area contributed by atoms with Gasteiger partial charge in [0, 0.05) is 32.7 Å². The monoisotopic (exact) mass is 269 g/mol. The average Bonchev–Trinajstić information content (AvgIpc) is 2.96. The molecular weight excluding hydrogens is 246 g/mol. The summed E-state index contributed by atoms with van der Waals surface area (Å²) in [7, 11) is 1.39. The number of nitrogens with one attached hydrogen (secondary N) is 1. The Morgan fingerprint density at radius 1 is 1.21 bits per heavy atom. The van der Waals surface area contributed by atoms with Crippen LogP contribution in [-0.2, 0) is 9.53 Å². The first-order valence-corrected chi connectivity index (χ1v) is 6.96. The minimum absolute atomic E-state index is 0.229. The van der Waals surface area contributed by atoms with Gasteiger partial charge in [-0.25, -0.2) is 4.79 Å². The molecule has 2 amide bonds. The maximum Gasteiger partial charge on any atom is 0.409 e. The predicted molar refractivity (Wildman–Crippen MR) is 70.8 cm³/mol. The lowest BCUT2D eigenvalue weighted by molar-refractivity contribution is -0.143. The summed E-state index contributed by atoms with van der Waals surface area (Å²) < 4.78 is 4.70. The van der Waals surface area contributed by atoms with Crippen LogP contribution in [-0.4, -0.2) is 68.2 Å². The van der Waals surface area contributed by atoms with Crippen LogP contribution in [0.15, 0.2) is 0 Å². The Balaban J connectivity index is 1.94. The Labute approximate surface area is 114 Å². The largest absolute Gasteiger partial charge is 0.453 e. The minimum Gasteiger partial charge on any atom is -0.453 e. The van der Waals surface area contributed by atoms with Crippen LogP contribution >= 0.6 is 0 Å². The van der Waals surface area contributed by atoms with Gasteiger partial charge in [-0.05, 0) is 19.4 Å². The number of amides is 2. The second-order valence-electron chi connectivity index (χ2n) is 5.31.